The second-order valence-corrected chi connectivity index (χ2v) is 6.23. The Hall–Kier alpha value is -2.50. The molecule has 1 aromatic heterocycles. The van der Waals surface area contributed by atoms with Gasteiger partial charge in [0.25, 0.3) is 5.91 Å². The number of nitrogens with two attached hydrogens (primary N) is 1. The Labute approximate surface area is 151 Å². The van der Waals surface area contributed by atoms with Crippen molar-refractivity contribution in [1.29, 1.82) is 0 Å². The van der Waals surface area contributed by atoms with Crippen molar-refractivity contribution in [3.8, 4) is 5.75 Å². The van der Waals surface area contributed by atoms with Crippen molar-refractivity contribution in [3.63, 3.8) is 0 Å². The van der Waals surface area contributed by atoms with Crippen molar-refractivity contribution in [3.05, 3.63) is 64.8 Å². The summed E-state index contributed by atoms with van der Waals surface area (Å²) in [6, 6.07) is 13.6. The van der Waals surface area contributed by atoms with Crippen LogP contribution >= 0.6 is 11.6 Å². The molecule has 3 aromatic rings. The minimum absolute atomic E-state index is 0.149. The van der Waals surface area contributed by atoms with Crippen LogP contribution in [0, 0.1) is 0 Å². The van der Waals surface area contributed by atoms with Crippen molar-refractivity contribution >= 4 is 28.4 Å². The Balaban J connectivity index is 1.58. The molecule has 6 heteroatoms. The summed E-state index contributed by atoms with van der Waals surface area (Å²) in [4.78, 5) is 14.2. The molecule has 0 aliphatic carbocycles. The molecule has 0 spiro atoms. The second-order valence-electron chi connectivity index (χ2n) is 5.79. The molecule has 0 aliphatic heterocycles. The van der Waals surface area contributed by atoms with Gasteiger partial charge in [0.1, 0.15) is 5.75 Å². The van der Waals surface area contributed by atoms with Crippen LogP contribution in [0.3, 0.4) is 0 Å². The summed E-state index contributed by atoms with van der Waals surface area (Å²) in [6.07, 6.45) is 2.95. The summed E-state index contributed by atoms with van der Waals surface area (Å²) in [5, 5.41) is 5.26. The first kappa shape index (κ1) is 17.3. The Morgan fingerprint density at radius 1 is 1.20 bits per heavy atom. The molecule has 0 fully saturated rings. The molecule has 2 aromatic carbocycles. The molecule has 1 heterocycles. The lowest BCUT2D eigenvalue weighted by molar-refractivity contribution is -0.119. The third-order valence-corrected chi connectivity index (χ3v) is 4.19. The highest BCUT2D eigenvalue weighted by atomic mass is 35.5. The number of halogens is 1. The van der Waals surface area contributed by atoms with Gasteiger partial charge >= 0.3 is 0 Å². The number of aromatic amines is 1. The fraction of sp³-hybridized carbons (Fsp3) is 0.211. The van der Waals surface area contributed by atoms with Crippen LogP contribution in [0.4, 0.5) is 0 Å². The zero-order valence-electron chi connectivity index (χ0n) is 13.7. The number of rotatable bonds is 8. The fourth-order valence-electron chi connectivity index (χ4n) is 2.76. The number of ether oxygens (including phenoxy) is 1. The van der Waals surface area contributed by atoms with Gasteiger partial charge in [0.05, 0.1) is 0 Å². The van der Waals surface area contributed by atoms with Crippen LogP contribution < -0.4 is 15.8 Å². The number of primary amides is 1. The van der Waals surface area contributed by atoms with E-state index in [1.165, 1.54) is 10.9 Å². The Bertz CT molecular complexity index is 876. The number of carbonyl (C=O) groups is 1. The molecule has 0 atom stereocenters. The molecule has 5 nitrogen and oxygen atoms in total. The van der Waals surface area contributed by atoms with Crippen LogP contribution in [0.2, 0.25) is 5.02 Å². The van der Waals surface area contributed by atoms with Crippen LogP contribution in [0.5, 0.6) is 5.75 Å². The SMILES string of the molecule is NC(=O)COc1ccc(Cl)cc1CNCCc1c[nH]c2ccccc12. The number of hydrogen-bond acceptors (Lipinski definition) is 3. The van der Waals surface area contributed by atoms with Crippen molar-refractivity contribution < 1.29 is 9.53 Å². The van der Waals surface area contributed by atoms with E-state index < -0.39 is 5.91 Å². The van der Waals surface area contributed by atoms with Crippen LogP contribution in [0.25, 0.3) is 10.9 Å². The maximum absolute atomic E-state index is 10.9. The molecule has 1 amide bonds. The van der Waals surface area contributed by atoms with Gasteiger partial charge in [-0.05, 0) is 42.8 Å². The first-order valence-electron chi connectivity index (χ1n) is 8.09. The first-order valence-corrected chi connectivity index (χ1v) is 8.46. The molecule has 130 valence electrons. The maximum Gasteiger partial charge on any atom is 0.255 e. The molecule has 0 radical (unpaired) electrons. The van der Waals surface area contributed by atoms with E-state index in [1.54, 1.807) is 12.1 Å². The van der Waals surface area contributed by atoms with Crippen molar-refractivity contribution in [2.75, 3.05) is 13.2 Å². The van der Waals surface area contributed by atoms with Crippen LogP contribution in [-0.2, 0) is 17.8 Å². The number of nitrogens with one attached hydrogen (secondary N) is 2. The number of aromatic nitrogens is 1. The second kappa shape index (κ2) is 8.05. The van der Waals surface area contributed by atoms with Gasteiger partial charge in [0.2, 0.25) is 0 Å². The topological polar surface area (TPSA) is 80.1 Å². The van der Waals surface area contributed by atoms with Gasteiger partial charge < -0.3 is 20.8 Å². The number of H-pyrrole nitrogens is 1. The van der Waals surface area contributed by atoms with E-state index in [-0.39, 0.29) is 6.61 Å². The summed E-state index contributed by atoms with van der Waals surface area (Å²) in [5.74, 6) is 0.107. The van der Waals surface area contributed by atoms with E-state index in [2.05, 4.69) is 22.4 Å². The molecule has 0 saturated carbocycles. The quantitative estimate of drug-likeness (QED) is 0.542. The van der Waals surface area contributed by atoms with Gasteiger partial charge in [-0.3, -0.25) is 4.79 Å². The summed E-state index contributed by atoms with van der Waals surface area (Å²) < 4.78 is 5.44. The molecule has 0 bridgehead atoms. The van der Waals surface area contributed by atoms with Gasteiger partial charge in [-0.2, -0.15) is 0 Å². The van der Waals surface area contributed by atoms with Crippen LogP contribution in [-0.4, -0.2) is 24.0 Å². The molecule has 0 saturated heterocycles. The standard InChI is InChI=1S/C19H20ClN3O2/c20-15-5-6-18(25-12-19(21)24)14(9-15)10-22-8-7-13-11-23-17-4-2-1-3-16(13)17/h1-6,9,11,22-23H,7-8,10,12H2,(H2,21,24). The Morgan fingerprint density at radius 2 is 2.04 bits per heavy atom. The number of carbonyl (C=O) groups excluding carboxylic acids is 1. The monoisotopic (exact) mass is 357 g/mol. The highest BCUT2D eigenvalue weighted by Crippen LogP contribution is 2.23. The normalized spacial score (nSPS) is 10.9. The van der Waals surface area contributed by atoms with Crippen molar-refractivity contribution in [2.24, 2.45) is 5.73 Å². The summed E-state index contributed by atoms with van der Waals surface area (Å²) in [6.45, 7) is 1.25. The minimum atomic E-state index is -0.506. The molecular formula is C19H20ClN3O2. The zero-order chi connectivity index (χ0) is 17.6. The highest BCUT2D eigenvalue weighted by Gasteiger charge is 2.07. The zero-order valence-corrected chi connectivity index (χ0v) is 14.5. The first-order chi connectivity index (χ1) is 12.1. The van der Waals surface area contributed by atoms with Gasteiger partial charge in [0.15, 0.2) is 6.61 Å². The van der Waals surface area contributed by atoms with Gasteiger partial charge in [0, 0.05) is 34.2 Å². The highest BCUT2D eigenvalue weighted by molar-refractivity contribution is 6.30. The maximum atomic E-state index is 10.9. The lowest BCUT2D eigenvalue weighted by Crippen LogP contribution is -2.21. The van der Waals surface area contributed by atoms with E-state index >= 15 is 0 Å². The molecule has 4 N–H and O–H groups in total. The summed E-state index contributed by atoms with van der Waals surface area (Å²) >= 11 is 6.06. The van der Waals surface area contributed by atoms with Crippen LogP contribution in [0.15, 0.2) is 48.7 Å². The predicted molar refractivity (Wildman–Crippen MR) is 99.9 cm³/mol. The average Bonchev–Trinajstić information content (AvgIpc) is 3.01. The van der Waals surface area contributed by atoms with Crippen molar-refractivity contribution in [1.82, 2.24) is 10.3 Å². The Morgan fingerprint density at radius 3 is 2.88 bits per heavy atom. The molecule has 0 unspecified atom stereocenters. The lowest BCUT2D eigenvalue weighted by atomic mass is 10.1. The van der Waals surface area contributed by atoms with E-state index in [0.29, 0.717) is 17.3 Å². The number of hydrogen-bond donors (Lipinski definition) is 3. The Kier molecular flexibility index (Phi) is 5.58. The van der Waals surface area contributed by atoms with E-state index in [4.69, 9.17) is 22.1 Å². The smallest absolute Gasteiger partial charge is 0.255 e. The van der Waals surface area contributed by atoms with Crippen LogP contribution in [0.1, 0.15) is 11.1 Å². The van der Waals surface area contributed by atoms with Gasteiger partial charge in [-0.25, -0.2) is 0 Å². The average molecular weight is 358 g/mol. The van der Waals surface area contributed by atoms with E-state index in [0.717, 1.165) is 24.0 Å². The predicted octanol–water partition coefficient (Wildman–Crippen LogP) is 3.02. The van der Waals surface area contributed by atoms with E-state index in [9.17, 15) is 4.79 Å². The number of benzene rings is 2. The molecular weight excluding hydrogens is 338 g/mol. The third kappa shape index (κ3) is 4.53. The fourth-order valence-corrected chi connectivity index (χ4v) is 2.96. The molecule has 3 rings (SSSR count). The third-order valence-electron chi connectivity index (χ3n) is 3.95. The summed E-state index contributed by atoms with van der Waals surface area (Å²) in [5.41, 5.74) is 8.45. The minimum Gasteiger partial charge on any atom is -0.483 e. The summed E-state index contributed by atoms with van der Waals surface area (Å²) in [7, 11) is 0. The number of para-hydroxylation sites is 1. The van der Waals surface area contributed by atoms with Crippen molar-refractivity contribution in [2.45, 2.75) is 13.0 Å². The van der Waals surface area contributed by atoms with Gasteiger partial charge in [-0.15, -0.1) is 0 Å². The number of fused-ring (bicyclic) bond motifs is 1. The number of amides is 1. The lowest BCUT2D eigenvalue weighted by Gasteiger charge is -2.12. The largest absolute Gasteiger partial charge is 0.483 e. The molecule has 0 aliphatic rings. The van der Waals surface area contributed by atoms with E-state index in [1.807, 2.05) is 24.4 Å². The molecule has 25 heavy (non-hydrogen) atoms. The van der Waals surface area contributed by atoms with Gasteiger partial charge in [-0.1, -0.05) is 29.8 Å².